The molecule has 2 aromatic heterocycles. The molecule has 1 fully saturated rings. The molecule has 27 heavy (non-hydrogen) atoms. The second-order valence-corrected chi connectivity index (χ2v) is 7.94. The minimum absolute atomic E-state index is 0.113. The predicted molar refractivity (Wildman–Crippen MR) is 100.0 cm³/mol. The number of rotatable bonds is 7. The molecule has 0 atom stereocenters. The third-order valence-electron chi connectivity index (χ3n) is 4.83. The number of nitrogens with two attached hydrogens (primary N) is 1. The maximum Gasteiger partial charge on any atom is 0.469 e. The van der Waals surface area contributed by atoms with Crippen LogP contribution >= 0.6 is 7.82 Å². The highest BCUT2D eigenvalue weighted by Crippen LogP contribution is 2.51. The molecule has 0 amide bonds. The monoisotopic (exact) mass is 392 g/mol. The van der Waals surface area contributed by atoms with Gasteiger partial charge in [0.2, 0.25) is 0 Å². The number of fused-ring (bicyclic) bond motifs is 3. The van der Waals surface area contributed by atoms with E-state index in [1.807, 2.05) is 35.8 Å². The van der Waals surface area contributed by atoms with E-state index >= 15 is 0 Å². The second kappa shape index (κ2) is 6.54. The topological polar surface area (TPSA) is 133 Å². The van der Waals surface area contributed by atoms with E-state index in [1.54, 1.807) is 0 Å². The fourth-order valence-corrected chi connectivity index (χ4v) is 3.84. The van der Waals surface area contributed by atoms with Crippen LogP contribution in [-0.2, 0) is 26.0 Å². The summed E-state index contributed by atoms with van der Waals surface area (Å²) in [6, 6.07) is 7.60. The first-order valence-corrected chi connectivity index (χ1v) is 10.2. The molecule has 0 saturated heterocycles. The Labute approximate surface area is 155 Å². The van der Waals surface area contributed by atoms with E-state index in [1.165, 1.54) is 0 Å². The summed E-state index contributed by atoms with van der Waals surface area (Å²) in [6.07, 6.45) is 1.43. The predicted octanol–water partition coefficient (Wildman–Crippen LogP) is 2.30. The van der Waals surface area contributed by atoms with Crippen LogP contribution in [0.1, 0.15) is 25.6 Å². The molecule has 1 aliphatic rings. The number of phosphoric acid groups is 1. The van der Waals surface area contributed by atoms with Crippen molar-refractivity contribution in [2.75, 3.05) is 18.9 Å². The van der Waals surface area contributed by atoms with Gasteiger partial charge in [0.05, 0.1) is 23.2 Å². The van der Waals surface area contributed by atoms with E-state index in [2.05, 4.69) is 9.97 Å². The molecule has 144 valence electrons. The van der Waals surface area contributed by atoms with Gasteiger partial charge in [-0.1, -0.05) is 18.2 Å². The Bertz CT molecular complexity index is 1060. The Balaban J connectivity index is 1.95. The second-order valence-electron chi connectivity index (χ2n) is 6.70. The molecule has 1 aliphatic carbocycles. The van der Waals surface area contributed by atoms with E-state index in [9.17, 15) is 4.57 Å². The van der Waals surface area contributed by atoms with Gasteiger partial charge in [0.25, 0.3) is 0 Å². The van der Waals surface area contributed by atoms with E-state index < -0.39 is 13.4 Å². The largest absolute Gasteiger partial charge is 0.469 e. The number of aromatic nitrogens is 3. The molecule has 0 aliphatic heterocycles. The number of nitrogens with zero attached hydrogens (tertiary/aromatic N) is 3. The van der Waals surface area contributed by atoms with Crippen molar-refractivity contribution in [2.24, 2.45) is 0 Å². The molecule has 9 nitrogen and oxygen atoms in total. The van der Waals surface area contributed by atoms with Crippen LogP contribution < -0.4 is 5.73 Å². The maximum atomic E-state index is 11.3. The average molecular weight is 392 g/mol. The number of anilines is 1. The molecule has 4 rings (SSSR count). The summed E-state index contributed by atoms with van der Waals surface area (Å²) in [5.74, 6) is 0.954. The Hall–Kier alpha value is -2.03. The van der Waals surface area contributed by atoms with E-state index in [4.69, 9.17) is 24.8 Å². The van der Waals surface area contributed by atoms with Gasteiger partial charge in [-0.05, 0) is 25.8 Å². The molecule has 3 aromatic rings. The summed E-state index contributed by atoms with van der Waals surface area (Å²) in [6.45, 7) is 2.56. The lowest BCUT2D eigenvalue weighted by Crippen LogP contribution is -2.25. The minimum Gasteiger partial charge on any atom is -0.382 e. The third-order valence-corrected chi connectivity index (χ3v) is 5.29. The van der Waals surface area contributed by atoms with Crippen molar-refractivity contribution in [3.8, 4) is 0 Å². The summed E-state index contributed by atoms with van der Waals surface area (Å²) < 4.78 is 23.7. The molecule has 10 heteroatoms. The van der Waals surface area contributed by atoms with Crippen LogP contribution in [0.2, 0.25) is 0 Å². The lowest BCUT2D eigenvalue weighted by Gasteiger charge is -2.22. The molecule has 4 N–H and O–H groups in total. The van der Waals surface area contributed by atoms with Gasteiger partial charge in [-0.2, -0.15) is 0 Å². The van der Waals surface area contributed by atoms with Crippen molar-refractivity contribution in [1.82, 2.24) is 14.5 Å². The first-order valence-electron chi connectivity index (χ1n) is 8.68. The van der Waals surface area contributed by atoms with Gasteiger partial charge in [-0.3, -0.25) is 4.52 Å². The lowest BCUT2D eigenvalue weighted by atomic mass is 10.1. The maximum absolute atomic E-state index is 11.3. The molecule has 0 bridgehead atoms. The summed E-state index contributed by atoms with van der Waals surface area (Å²) in [7, 11) is -4.58. The van der Waals surface area contributed by atoms with Gasteiger partial charge in [0.1, 0.15) is 17.9 Å². The van der Waals surface area contributed by atoms with Gasteiger partial charge in [0.15, 0.2) is 5.82 Å². The van der Waals surface area contributed by atoms with Gasteiger partial charge in [-0.15, -0.1) is 0 Å². The fraction of sp³-hybridized carbons (Fsp3) is 0.412. The highest BCUT2D eigenvalue weighted by atomic mass is 31.2. The zero-order valence-electron chi connectivity index (χ0n) is 14.8. The quantitative estimate of drug-likeness (QED) is 0.522. The molecular formula is C17H21N4O5P. The lowest BCUT2D eigenvalue weighted by molar-refractivity contribution is 0.118. The molecule has 0 unspecified atom stereocenters. The van der Waals surface area contributed by atoms with Gasteiger partial charge in [0, 0.05) is 12.0 Å². The minimum atomic E-state index is -4.58. The fourth-order valence-electron chi connectivity index (χ4n) is 3.43. The van der Waals surface area contributed by atoms with Gasteiger partial charge in [-0.25, -0.2) is 14.5 Å². The van der Waals surface area contributed by atoms with Crippen molar-refractivity contribution in [3.05, 3.63) is 30.1 Å². The Morgan fingerprint density at radius 1 is 1.30 bits per heavy atom. The van der Waals surface area contributed by atoms with Crippen molar-refractivity contribution in [3.63, 3.8) is 0 Å². The van der Waals surface area contributed by atoms with E-state index in [0.29, 0.717) is 36.6 Å². The van der Waals surface area contributed by atoms with Crippen molar-refractivity contribution >= 4 is 35.6 Å². The van der Waals surface area contributed by atoms with Crippen LogP contribution in [0.5, 0.6) is 0 Å². The number of benzene rings is 1. The SMILES string of the molecule is CCOCc1nc2c(N)nc3ccccc3c2n1C1(COP(=O)(O)O)CC1. The number of imidazole rings is 1. The van der Waals surface area contributed by atoms with Crippen LogP contribution in [0.3, 0.4) is 0 Å². The molecule has 1 saturated carbocycles. The number of ether oxygens (including phenoxy) is 1. The zero-order chi connectivity index (χ0) is 19.2. The number of pyridine rings is 1. The van der Waals surface area contributed by atoms with E-state index in [0.717, 1.165) is 16.4 Å². The van der Waals surface area contributed by atoms with Crippen molar-refractivity contribution in [1.29, 1.82) is 0 Å². The van der Waals surface area contributed by atoms with Gasteiger partial charge < -0.3 is 24.8 Å². The Morgan fingerprint density at radius 2 is 2.04 bits per heavy atom. The summed E-state index contributed by atoms with van der Waals surface area (Å²) in [5.41, 5.74) is 7.66. The normalized spacial score (nSPS) is 16.3. The number of phosphoric ester groups is 1. The summed E-state index contributed by atoms with van der Waals surface area (Å²) >= 11 is 0. The Kier molecular flexibility index (Phi) is 4.44. The average Bonchev–Trinajstić information content (AvgIpc) is 3.30. The summed E-state index contributed by atoms with van der Waals surface area (Å²) in [4.78, 5) is 27.4. The van der Waals surface area contributed by atoms with Crippen LogP contribution in [0.15, 0.2) is 24.3 Å². The highest BCUT2D eigenvalue weighted by Gasteiger charge is 2.48. The number of para-hydroxylation sites is 1. The standard InChI is InChI=1S/C17H21N4O5P/c1-2-25-9-13-20-14-15(11-5-3-4-6-12(11)19-16(14)18)21(13)17(7-8-17)10-26-27(22,23)24/h3-6H,2,7-10H2,1H3,(H2,18,19)(H2,22,23,24). The Morgan fingerprint density at radius 3 is 2.70 bits per heavy atom. The smallest absolute Gasteiger partial charge is 0.382 e. The van der Waals surface area contributed by atoms with Crippen LogP contribution in [-0.4, -0.2) is 37.5 Å². The van der Waals surface area contributed by atoms with Gasteiger partial charge >= 0.3 is 7.82 Å². The first-order chi connectivity index (χ1) is 12.8. The molecule has 1 aromatic carbocycles. The number of nitrogen functional groups attached to an aromatic ring is 1. The first kappa shape index (κ1) is 18.3. The molecular weight excluding hydrogens is 371 g/mol. The third kappa shape index (κ3) is 3.33. The van der Waals surface area contributed by atoms with E-state index in [-0.39, 0.29) is 13.2 Å². The van der Waals surface area contributed by atoms with Crippen molar-refractivity contribution in [2.45, 2.75) is 31.9 Å². The molecule has 0 spiro atoms. The summed E-state index contributed by atoms with van der Waals surface area (Å²) in [5, 5.41) is 0.874. The van der Waals surface area contributed by atoms with Crippen LogP contribution in [0.4, 0.5) is 5.82 Å². The highest BCUT2D eigenvalue weighted by molar-refractivity contribution is 7.46. The van der Waals surface area contributed by atoms with Crippen molar-refractivity contribution < 1.29 is 23.6 Å². The van der Waals surface area contributed by atoms with Crippen LogP contribution in [0.25, 0.3) is 21.9 Å². The molecule has 2 heterocycles. The number of hydrogen-bond donors (Lipinski definition) is 3. The zero-order valence-corrected chi connectivity index (χ0v) is 15.7. The van der Waals surface area contributed by atoms with Crippen LogP contribution in [0, 0.1) is 0 Å². The number of hydrogen-bond acceptors (Lipinski definition) is 6. The molecule has 0 radical (unpaired) electrons.